The van der Waals surface area contributed by atoms with E-state index in [0.29, 0.717) is 22.9 Å². The van der Waals surface area contributed by atoms with Gasteiger partial charge in [0.1, 0.15) is 4.90 Å². The van der Waals surface area contributed by atoms with E-state index in [2.05, 4.69) is 25.0 Å². The van der Waals surface area contributed by atoms with Crippen molar-refractivity contribution in [1.29, 1.82) is 0 Å². The highest BCUT2D eigenvalue weighted by Gasteiger charge is 2.18. The number of pyridine rings is 1. The lowest BCUT2D eigenvalue weighted by atomic mass is 10.1. The number of nitrogens with one attached hydrogen (secondary N) is 1. The third-order valence-corrected chi connectivity index (χ3v) is 6.60. The fraction of sp³-hybridized carbons (Fsp3) is 0. The number of aromatic nitrogens is 5. The second kappa shape index (κ2) is 8.03. The van der Waals surface area contributed by atoms with Crippen molar-refractivity contribution in [3.8, 4) is 22.6 Å². The van der Waals surface area contributed by atoms with Crippen molar-refractivity contribution in [3.05, 3.63) is 90.2 Å². The predicted octanol–water partition coefficient (Wildman–Crippen LogP) is 4.31. The quantitative estimate of drug-likeness (QED) is 0.417. The van der Waals surface area contributed by atoms with Crippen LogP contribution in [0, 0.1) is 0 Å². The lowest BCUT2D eigenvalue weighted by Crippen LogP contribution is -2.13. The normalized spacial score (nSPS) is 11.5. The Labute approximate surface area is 188 Å². The van der Waals surface area contributed by atoms with E-state index >= 15 is 0 Å². The molecule has 0 unspecified atom stereocenters. The van der Waals surface area contributed by atoms with Crippen molar-refractivity contribution >= 4 is 33.0 Å². The zero-order chi connectivity index (χ0) is 22.1. The van der Waals surface area contributed by atoms with Crippen LogP contribution in [0.1, 0.15) is 0 Å². The number of benzene rings is 2. The first kappa shape index (κ1) is 20.1. The molecular weight excluding hydrogens is 448 g/mol. The molecule has 32 heavy (non-hydrogen) atoms. The lowest BCUT2D eigenvalue weighted by Gasteiger charge is -2.11. The van der Waals surface area contributed by atoms with Gasteiger partial charge in [-0.3, -0.25) is 9.71 Å². The molecule has 0 amide bonds. The Morgan fingerprint density at radius 2 is 1.72 bits per heavy atom. The van der Waals surface area contributed by atoms with Gasteiger partial charge in [-0.1, -0.05) is 35.9 Å². The topological polar surface area (TPSA) is 102 Å². The summed E-state index contributed by atoms with van der Waals surface area (Å²) in [6.07, 6.45) is 3.37. The summed E-state index contributed by atoms with van der Waals surface area (Å²) in [4.78, 5) is 4.13. The van der Waals surface area contributed by atoms with E-state index in [-0.39, 0.29) is 9.92 Å². The largest absolute Gasteiger partial charge is 0.280 e. The summed E-state index contributed by atoms with van der Waals surface area (Å²) in [6.45, 7) is 0. The number of sulfonamides is 1. The molecule has 10 heteroatoms. The molecule has 0 atom stereocenters. The van der Waals surface area contributed by atoms with Gasteiger partial charge in [-0.15, -0.1) is 10.2 Å². The molecule has 3 aromatic heterocycles. The number of nitrogens with zero attached hydrogens (tertiary/aromatic N) is 5. The first-order chi connectivity index (χ1) is 15.5. The summed E-state index contributed by atoms with van der Waals surface area (Å²) in [5, 5.41) is 13.2. The Morgan fingerprint density at radius 1 is 0.875 bits per heavy atom. The number of halogens is 1. The average molecular weight is 463 g/mol. The van der Waals surface area contributed by atoms with Crippen LogP contribution in [-0.4, -0.2) is 33.2 Å². The fourth-order valence-corrected chi connectivity index (χ4v) is 4.80. The molecular formula is C22H15ClN6O2S. The van der Waals surface area contributed by atoms with Gasteiger partial charge >= 0.3 is 0 Å². The fourth-order valence-electron chi connectivity index (χ4n) is 3.23. The highest BCUT2D eigenvalue weighted by molar-refractivity contribution is 7.92. The molecule has 158 valence electrons. The summed E-state index contributed by atoms with van der Waals surface area (Å²) >= 11 is 6.06. The zero-order valence-corrected chi connectivity index (χ0v) is 18.0. The number of rotatable bonds is 5. The van der Waals surface area contributed by atoms with Crippen molar-refractivity contribution in [1.82, 2.24) is 24.8 Å². The van der Waals surface area contributed by atoms with Gasteiger partial charge in [-0.05, 0) is 48.5 Å². The van der Waals surface area contributed by atoms with E-state index in [1.807, 2.05) is 18.2 Å². The molecule has 0 bridgehead atoms. The lowest BCUT2D eigenvalue weighted by molar-refractivity contribution is 0.601. The maximum atomic E-state index is 12.8. The Morgan fingerprint density at radius 3 is 2.53 bits per heavy atom. The van der Waals surface area contributed by atoms with Crippen LogP contribution in [0.15, 0.2) is 90.1 Å². The van der Waals surface area contributed by atoms with Gasteiger partial charge < -0.3 is 0 Å². The van der Waals surface area contributed by atoms with Crippen LogP contribution >= 0.6 is 11.6 Å². The van der Waals surface area contributed by atoms with Crippen molar-refractivity contribution in [3.63, 3.8) is 0 Å². The Hall–Kier alpha value is -3.82. The van der Waals surface area contributed by atoms with E-state index < -0.39 is 10.0 Å². The molecule has 0 aliphatic carbocycles. The third-order valence-electron chi connectivity index (χ3n) is 4.72. The zero-order valence-electron chi connectivity index (χ0n) is 16.4. The third kappa shape index (κ3) is 3.79. The van der Waals surface area contributed by atoms with Crippen molar-refractivity contribution in [2.75, 3.05) is 4.72 Å². The number of hydrogen-bond acceptors (Lipinski definition) is 6. The predicted molar refractivity (Wildman–Crippen MR) is 122 cm³/mol. The molecule has 0 aliphatic heterocycles. The molecule has 0 fully saturated rings. The SMILES string of the molecule is O=S(=O)(Nc1cccc(-c2ccc3nnc(-c4cccnc4)n3n2)c1)c1ccccc1Cl. The first-order valence-corrected chi connectivity index (χ1v) is 11.4. The molecule has 5 aromatic rings. The van der Waals surface area contributed by atoms with Crippen LogP contribution in [0.25, 0.3) is 28.3 Å². The molecule has 8 nitrogen and oxygen atoms in total. The average Bonchev–Trinajstić information content (AvgIpc) is 3.23. The van der Waals surface area contributed by atoms with Gasteiger partial charge in [-0.2, -0.15) is 9.61 Å². The van der Waals surface area contributed by atoms with Crippen molar-refractivity contribution in [2.45, 2.75) is 4.90 Å². The summed E-state index contributed by atoms with van der Waals surface area (Å²) in [5.74, 6) is 0.561. The second-order valence-corrected chi connectivity index (χ2v) is 8.93. The molecule has 0 spiro atoms. The minimum atomic E-state index is -3.85. The van der Waals surface area contributed by atoms with Crippen LogP contribution < -0.4 is 4.72 Å². The molecule has 5 rings (SSSR count). The van der Waals surface area contributed by atoms with Crippen molar-refractivity contribution in [2.24, 2.45) is 0 Å². The van der Waals surface area contributed by atoms with Crippen LogP contribution in [0.3, 0.4) is 0 Å². The monoisotopic (exact) mass is 462 g/mol. The minimum absolute atomic E-state index is 0.0113. The van der Waals surface area contributed by atoms with E-state index in [4.69, 9.17) is 11.6 Å². The molecule has 3 heterocycles. The van der Waals surface area contributed by atoms with Gasteiger partial charge in [0.2, 0.25) is 0 Å². The molecule has 1 N–H and O–H groups in total. The molecule has 0 radical (unpaired) electrons. The van der Waals surface area contributed by atoms with Crippen LogP contribution in [0.4, 0.5) is 5.69 Å². The van der Waals surface area contributed by atoms with Crippen LogP contribution in [0.2, 0.25) is 5.02 Å². The van der Waals surface area contributed by atoms with Gasteiger partial charge in [0.15, 0.2) is 11.5 Å². The summed E-state index contributed by atoms with van der Waals surface area (Å²) in [6, 6.07) is 20.5. The van der Waals surface area contributed by atoms with Gasteiger partial charge in [0.25, 0.3) is 10.0 Å². The highest BCUT2D eigenvalue weighted by atomic mass is 35.5. The second-order valence-electron chi connectivity index (χ2n) is 6.87. The van der Waals surface area contributed by atoms with E-state index in [0.717, 1.165) is 11.1 Å². The Balaban J connectivity index is 1.51. The summed E-state index contributed by atoms with van der Waals surface area (Å²) in [5.41, 5.74) is 3.10. The maximum absolute atomic E-state index is 12.8. The Kier molecular flexibility index (Phi) is 5.04. The number of hydrogen-bond donors (Lipinski definition) is 1. The van der Waals surface area contributed by atoms with Gasteiger partial charge in [0, 0.05) is 29.2 Å². The molecule has 0 aliphatic rings. The molecule has 0 saturated carbocycles. The van der Waals surface area contributed by atoms with E-state index in [1.54, 1.807) is 59.4 Å². The maximum Gasteiger partial charge on any atom is 0.263 e. The van der Waals surface area contributed by atoms with E-state index in [9.17, 15) is 8.42 Å². The highest BCUT2D eigenvalue weighted by Crippen LogP contribution is 2.26. The van der Waals surface area contributed by atoms with Crippen LogP contribution in [-0.2, 0) is 10.0 Å². The number of fused-ring (bicyclic) bond motifs is 1. The Bertz CT molecular complexity index is 1540. The van der Waals surface area contributed by atoms with Crippen LogP contribution in [0.5, 0.6) is 0 Å². The summed E-state index contributed by atoms with van der Waals surface area (Å²) in [7, 11) is -3.85. The smallest absolute Gasteiger partial charge is 0.263 e. The van der Waals surface area contributed by atoms with E-state index in [1.165, 1.54) is 12.1 Å². The number of anilines is 1. The van der Waals surface area contributed by atoms with Gasteiger partial charge in [-0.25, -0.2) is 8.42 Å². The minimum Gasteiger partial charge on any atom is -0.280 e. The van der Waals surface area contributed by atoms with Crippen molar-refractivity contribution < 1.29 is 8.42 Å². The summed E-state index contributed by atoms with van der Waals surface area (Å²) < 4.78 is 29.8. The molecule has 2 aromatic carbocycles. The first-order valence-electron chi connectivity index (χ1n) is 9.52. The standard InChI is InChI=1S/C22H15ClN6O2S/c23-18-8-1-2-9-20(18)32(30,31)28-17-7-3-5-15(13-17)19-10-11-21-25-26-22(29(21)27-19)16-6-4-12-24-14-16/h1-14,28H. The van der Waals surface area contributed by atoms with Gasteiger partial charge in [0.05, 0.1) is 10.7 Å². The molecule has 0 saturated heterocycles.